The van der Waals surface area contributed by atoms with E-state index in [1.54, 1.807) is 0 Å². The minimum absolute atomic E-state index is 0.260. The van der Waals surface area contributed by atoms with Gasteiger partial charge < -0.3 is 10.2 Å². The number of halogens is 1. The topological polar surface area (TPSA) is 57.5 Å². The highest BCUT2D eigenvalue weighted by atomic mass is 19.1. The molecule has 0 atom stereocenters. The van der Waals surface area contributed by atoms with E-state index in [4.69, 9.17) is 10.2 Å². The van der Waals surface area contributed by atoms with Crippen LogP contribution < -0.4 is 0 Å². The third-order valence-corrected chi connectivity index (χ3v) is 1.18. The predicted molar refractivity (Wildman–Crippen MR) is 46.4 cm³/mol. The zero-order chi connectivity index (χ0) is 10.4. The van der Waals surface area contributed by atoms with Crippen LogP contribution in [0, 0.1) is 5.82 Å². The number of benzene rings is 1. The second-order valence-corrected chi connectivity index (χ2v) is 1.97. The van der Waals surface area contributed by atoms with Crippen LogP contribution in [0.15, 0.2) is 18.2 Å². The summed E-state index contributed by atoms with van der Waals surface area (Å²) < 4.78 is 12.5. The number of carboxylic acids is 1. The highest BCUT2D eigenvalue weighted by molar-refractivity contribution is 5.88. The molecular weight excluding hydrogens is 175 g/mol. The van der Waals surface area contributed by atoms with Crippen LogP contribution in [0.25, 0.3) is 0 Å². The quantitative estimate of drug-likeness (QED) is 0.707. The van der Waals surface area contributed by atoms with Crippen LogP contribution in [0.5, 0.6) is 5.75 Å². The number of phenolic OH excluding ortho intramolecular Hbond substituents is 1. The number of phenols is 1. The van der Waals surface area contributed by atoms with Crippen molar-refractivity contribution >= 4 is 5.97 Å². The summed E-state index contributed by atoms with van der Waals surface area (Å²) in [6.45, 7) is 4.00. The van der Waals surface area contributed by atoms with Crippen molar-refractivity contribution in [3.63, 3.8) is 0 Å². The first-order chi connectivity index (χ1) is 6.11. The maximum Gasteiger partial charge on any atom is 0.338 e. The molecule has 2 N–H and O–H groups in total. The summed E-state index contributed by atoms with van der Waals surface area (Å²) in [6.07, 6.45) is 0. The molecule has 0 fully saturated rings. The molecule has 0 bridgehead atoms. The summed E-state index contributed by atoms with van der Waals surface area (Å²) in [5.74, 6) is -2.50. The van der Waals surface area contributed by atoms with Crippen molar-refractivity contribution < 1.29 is 19.4 Å². The van der Waals surface area contributed by atoms with E-state index in [0.717, 1.165) is 18.2 Å². The fraction of sp³-hybridized carbons (Fsp3) is 0.222. The zero-order valence-electron chi connectivity index (χ0n) is 7.41. The monoisotopic (exact) mass is 186 g/mol. The van der Waals surface area contributed by atoms with Gasteiger partial charge in [0.1, 0.15) is 11.6 Å². The third-order valence-electron chi connectivity index (χ3n) is 1.18. The van der Waals surface area contributed by atoms with Crippen molar-refractivity contribution in [2.24, 2.45) is 0 Å². The second-order valence-electron chi connectivity index (χ2n) is 1.97. The lowest BCUT2D eigenvalue weighted by Gasteiger charge is -1.96. The predicted octanol–water partition coefficient (Wildman–Crippen LogP) is 2.26. The van der Waals surface area contributed by atoms with Gasteiger partial charge in [-0.05, 0) is 18.2 Å². The van der Waals surface area contributed by atoms with Crippen molar-refractivity contribution in [3.8, 4) is 5.75 Å². The fourth-order valence-corrected chi connectivity index (χ4v) is 0.677. The van der Waals surface area contributed by atoms with Crippen molar-refractivity contribution in [3.05, 3.63) is 29.6 Å². The van der Waals surface area contributed by atoms with Crippen LogP contribution >= 0.6 is 0 Å². The lowest BCUT2D eigenvalue weighted by Crippen LogP contribution is -1.99. The Morgan fingerprint density at radius 2 is 1.92 bits per heavy atom. The van der Waals surface area contributed by atoms with Gasteiger partial charge in [0.25, 0.3) is 0 Å². The molecule has 1 rings (SSSR count). The van der Waals surface area contributed by atoms with Crippen molar-refractivity contribution in [2.45, 2.75) is 13.8 Å². The van der Waals surface area contributed by atoms with Gasteiger partial charge in [0.05, 0.1) is 5.56 Å². The summed E-state index contributed by atoms with van der Waals surface area (Å²) in [5, 5.41) is 17.1. The summed E-state index contributed by atoms with van der Waals surface area (Å²) in [6, 6.07) is 2.85. The number of aromatic hydroxyl groups is 1. The van der Waals surface area contributed by atoms with E-state index in [1.807, 2.05) is 13.8 Å². The number of carboxylic acid groups (broad SMARTS) is 1. The Labute approximate surface area is 75.4 Å². The van der Waals surface area contributed by atoms with Gasteiger partial charge in [0.15, 0.2) is 0 Å². The summed E-state index contributed by atoms with van der Waals surface area (Å²) in [4.78, 5) is 10.2. The molecule has 0 heterocycles. The van der Waals surface area contributed by atoms with E-state index in [0.29, 0.717) is 0 Å². The van der Waals surface area contributed by atoms with Gasteiger partial charge in [-0.2, -0.15) is 0 Å². The van der Waals surface area contributed by atoms with Gasteiger partial charge in [-0.25, -0.2) is 9.18 Å². The molecule has 0 aliphatic rings. The van der Waals surface area contributed by atoms with Crippen molar-refractivity contribution in [2.75, 3.05) is 0 Å². The second kappa shape index (κ2) is 5.13. The maximum atomic E-state index is 12.5. The first-order valence-electron chi connectivity index (χ1n) is 3.83. The number of rotatable bonds is 1. The average Bonchev–Trinajstić information content (AvgIpc) is 2.12. The maximum absolute atomic E-state index is 12.5. The molecular formula is C9H11FO3. The van der Waals surface area contributed by atoms with E-state index in [2.05, 4.69) is 0 Å². The summed E-state index contributed by atoms with van der Waals surface area (Å²) in [7, 11) is 0. The van der Waals surface area contributed by atoms with Gasteiger partial charge in [-0.15, -0.1) is 0 Å². The molecule has 0 unspecified atom stereocenters. The zero-order valence-corrected chi connectivity index (χ0v) is 7.41. The number of carbonyl (C=O) groups is 1. The first-order valence-corrected chi connectivity index (χ1v) is 3.83. The Bertz CT molecular complexity index is 297. The number of hydrogen-bond acceptors (Lipinski definition) is 2. The average molecular weight is 186 g/mol. The van der Waals surface area contributed by atoms with Crippen molar-refractivity contribution in [1.82, 2.24) is 0 Å². The third kappa shape index (κ3) is 3.11. The van der Waals surface area contributed by atoms with Gasteiger partial charge in [0.2, 0.25) is 0 Å². The van der Waals surface area contributed by atoms with E-state index in [-0.39, 0.29) is 5.75 Å². The molecule has 0 aliphatic carbocycles. The Balaban J connectivity index is 0.000000671. The number of aromatic carboxylic acids is 1. The summed E-state index contributed by atoms with van der Waals surface area (Å²) in [5.41, 5.74) is -0.523. The van der Waals surface area contributed by atoms with Gasteiger partial charge in [0, 0.05) is 0 Å². The lowest BCUT2D eigenvalue weighted by molar-refractivity contribution is 0.0691. The molecule has 4 heteroatoms. The van der Waals surface area contributed by atoms with Crippen molar-refractivity contribution in [1.29, 1.82) is 0 Å². The van der Waals surface area contributed by atoms with Crippen LogP contribution in [0.4, 0.5) is 4.39 Å². The highest BCUT2D eigenvalue weighted by Gasteiger charge is 2.09. The minimum Gasteiger partial charge on any atom is -0.508 e. The molecule has 0 saturated heterocycles. The molecule has 0 saturated carbocycles. The molecule has 0 amide bonds. The molecule has 0 aromatic heterocycles. The van der Waals surface area contributed by atoms with Crippen LogP contribution in [-0.2, 0) is 0 Å². The van der Waals surface area contributed by atoms with Gasteiger partial charge >= 0.3 is 5.97 Å². The molecule has 72 valence electrons. The van der Waals surface area contributed by atoms with E-state index in [9.17, 15) is 9.18 Å². The van der Waals surface area contributed by atoms with E-state index in [1.165, 1.54) is 0 Å². The van der Waals surface area contributed by atoms with E-state index >= 15 is 0 Å². The van der Waals surface area contributed by atoms with Crippen LogP contribution in [-0.4, -0.2) is 16.2 Å². The summed E-state index contributed by atoms with van der Waals surface area (Å²) >= 11 is 0. The van der Waals surface area contributed by atoms with Crippen LogP contribution in [0.1, 0.15) is 24.2 Å². The largest absolute Gasteiger partial charge is 0.508 e. The van der Waals surface area contributed by atoms with Crippen LogP contribution in [0.3, 0.4) is 0 Å². The standard InChI is InChI=1S/C7H5FO3.C2H6/c8-6-2-1-4(9)3-5(6)7(10)11;1-2/h1-3,9H,(H,10,11);1-2H3. The first kappa shape index (κ1) is 11.4. The smallest absolute Gasteiger partial charge is 0.338 e. The Kier molecular flexibility index (Phi) is 4.51. The molecule has 13 heavy (non-hydrogen) atoms. The Morgan fingerprint density at radius 3 is 2.31 bits per heavy atom. The Morgan fingerprint density at radius 1 is 1.38 bits per heavy atom. The molecule has 3 nitrogen and oxygen atoms in total. The number of hydrogen-bond donors (Lipinski definition) is 2. The fourth-order valence-electron chi connectivity index (χ4n) is 0.677. The van der Waals surface area contributed by atoms with Gasteiger partial charge in [-0.3, -0.25) is 0 Å². The Hall–Kier alpha value is -1.58. The molecule has 1 aromatic carbocycles. The molecule has 0 aliphatic heterocycles. The normalized spacial score (nSPS) is 8.54. The molecule has 0 radical (unpaired) electrons. The highest BCUT2D eigenvalue weighted by Crippen LogP contribution is 2.14. The van der Waals surface area contributed by atoms with Crippen LogP contribution in [0.2, 0.25) is 0 Å². The minimum atomic E-state index is -1.39. The molecule has 0 spiro atoms. The SMILES string of the molecule is CC.O=C(O)c1cc(O)ccc1F. The van der Waals surface area contributed by atoms with Gasteiger partial charge in [-0.1, -0.05) is 13.8 Å². The van der Waals surface area contributed by atoms with E-state index < -0.39 is 17.3 Å². The lowest BCUT2D eigenvalue weighted by atomic mass is 10.2. The molecule has 1 aromatic rings.